The molecule has 0 saturated heterocycles. The number of imidazole rings is 1. The van der Waals surface area contributed by atoms with E-state index in [0.29, 0.717) is 11.3 Å². The zero-order chi connectivity index (χ0) is 15.2. The number of carbonyl (C=O) groups is 1. The van der Waals surface area contributed by atoms with Crippen molar-refractivity contribution < 1.29 is 13.9 Å². The summed E-state index contributed by atoms with van der Waals surface area (Å²) < 4.78 is 20.3. The third-order valence-corrected chi connectivity index (χ3v) is 3.85. The molecule has 0 spiro atoms. The molecule has 2 aromatic heterocycles. The molecule has 0 aliphatic heterocycles. The molecule has 0 N–H and O–H groups in total. The topological polar surface area (TPSA) is 56.5 Å². The Morgan fingerprint density at radius 1 is 1.52 bits per heavy atom. The average Bonchev–Trinajstić information content (AvgIpc) is 2.76. The third kappa shape index (κ3) is 2.27. The van der Waals surface area contributed by atoms with Gasteiger partial charge in [-0.05, 0) is 26.0 Å². The van der Waals surface area contributed by atoms with Gasteiger partial charge in [0.1, 0.15) is 22.6 Å². The summed E-state index contributed by atoms with van der Waals surface area (Å²) in [6.07, 6.45) is 0.416. The summed E-state index contributed by atoms with van der Waals surface area (Å²) in [6, 6.07) is 3.39. The number of carbonyl (C=O) groups excluding carboxylic acids is 1. The molecule has 1 aliphatic carbocycles. The van der Waals surface area contributed by atoms with E-state index in [1.54, 1.807) is 32.2 Å². The van der Waals surface area contributed by atoms with Gasteiger partial charge in [-0.3, -0.25) is 4.79 Å². The first kappa shape index (κ1) is 14.3. The van der Waals surface area contributed by atoms with E-state index in [9.17, 15) is 9.18 Å². The lowest BCUT2D eigenvalue weighted by atomic mass is 9.66. The summed E-state index contributed by atoms with van der Waals surface area (Å²) in [6.45, 7) is 3.52. The number of hydrogen-bond acceptors (Lipinski definition) is 4. The number of nitrogens with zero attached hydrogens (tertiary/aromatic N) is 3. The lowest BCUT2D eigenvalue weighted by Crippen LogP contribution is -2.51. The van der Waals surface area contributed by atoms with Crippen molar-refractivity contribution in [2.45, 2.75) is 44.4 Å². The smallest absolute Gasteiger partial charge is 0.320 e. The fourth-order valence-electron chi connectivity index (χ4n) is 2.65. The van der Waals surface area contributed by atoms with Gasteiger partial charge in [0.05, 0.1) is 17.8 Å². The molecule has 0 amide bonds. The molecule has 5 nitrogen and oxygen atoms in total. The number of halogens is 2. The maximum absolute atomic E-state index is 13.5. The Morgan fingerprint density at radius 3 is 2.86 bits per heavy atom. The van der Waals surface area contributed by atoms with Gasteiger partial charge in [0.15, 0.2) is 0 Å². The highest BCUT2D eigenvalue weighted by molar-refractivity contribution is 6.29. The van der Waals surface area contributed by atoms with Gasteiger partial charge >= 0.3 is 5.97 Å². The molecule has 1 aliphatic rings. The zero-order valence-electron chi connectivity index (χ0n) is 11.7. The van der Waals surface area contributed by atoms with Crippen LogP contribution in [0.3, 0.4) is 0 Å². The molecule has 21 heavy (non-hydrogen) atoms. The van der Waals surface area contributed by atoms with E-state index in [1.807, 2.05) is 0 Å². The highest BCUT2D eigenvalue weighted by Gasteiger charge is 2.56. The molecule has 2 heterocycles. The minimum Gasteiger partial charge on any atom is -0.462 e. The molecular weight excluding hydrogens is 297 g/mol. The highest BCUT2D eigenvalue weighted by atomic mass is 35.5. The van der Waals surface area contributed by atoms with Gasteiger partial charge in [-0.1, -0.05) is 11.6 Å². The molecule has 0 bridgehead atoms. The van der Waals surface area contributed by atoms with Crippen LogP contribution in [0.5, 0.6) is 0 Å². The summed E-state index contributed by atoms with van der Waals surface area (Å²) in [5.41, 5.74) is -0.373. The predicted octanol–water partition coefficient (Wildman–Crippen LogP) is 2.70. The van der Waals surface area contributed by atoms with Crippen LogP contribution in [-0.2, 0) is 14.9 Å². The number of rotatable bonds is 3. The monoisotopic (exact) mass is 311 g/mol. The van der Waals surface area contributed by atoms with Crippen LogP contribution in [0.4, 0.5) is 4.39 Å². The van der Waals surface area contributed by atoms with Crippen LogP contribution < -0.4 is 0 Å². The fraction of sp³-hybridized carbons (Fsp3) is 0.500. The van der Waals surface area contributed by atoms with Crippen LogP contribution in [0, 0.1) is 0 Å². The minimum absolute atomic E-state index is 0.0614. The third-order valence-electron chi connectivity index (χ3n) is 3.65. The Hall–Kier alpha value is -1.69. The molecule has 0 atom stereocenters. The van der Waals surface area contributed by atoms with Crippen molar-refractivity contribution in [2.75, 3.05) is 0 Å². The standard InChI is InChI=1S/C14H15ClFN3O2/c1-8(2)21-13(20)14(5-9(16)6-14)12-17-7-10-3-4-11(15)18-19(10)12/h3-4,7-9H,5-6H2,1-2H3. The van der Waals surface area contributed by atoms with E-state index in [1.165, 1.54) is 4.52 Å². The van der Waals surface area contributed by atoms with E-state index in [-0.39, 0.29) is 24.1 Å². The van der Waals surface area contributed by atoms with Crippen LogP contribution in [0.25, 0.3) is 5.52 Å². The molecule has 0 unspecified atom stereocenters. The Kier molecular flexibility index (Phi) is 3.36. The van der Waals surface area contributed by atoms with Crippen molar-refractivity contribution in [3.63, 3.8) is 0 Å². The van der Waals surface area contributed by atoms with Crippen molar-refractivity contribution in [1.29, 1.82) is 0 Å². The number of ether oxygens (including phenoxy) is 1. The van der Waals surface area contributed by atoms with Gasteiger partial charge in [0.2, 0.25) is 0 Å². The molecule has 7 heteroatoms. The zero-order valence-corrected chi connectivity index (χ0v) is 12.5. The Balaban J connectivity index is 2.08. The molecule has 1 saturated carbocycles. The Morgan fingerprint density at radius 2 is 2.24 bits per heavy atom. The summed E-state index contributed by atoms with van der Waals surface area (Å²) in [5, 5.41) is 4.44. The van der Waals surface area contributed by atoms with Crippen LogP contribution in [0.2, 0.25) is 5.15 Å². The van der Waals surface area contributed by atoms with Gasteiger partial charge in [-0.2, -0.15) is 5.10 Å². The first-order chi connectivity index (χ1) is 9.92. The number of alkyl halides is 1. The van der Waals surface area contributed by atoms with E-state index < -0.39 is 17.6 Å². The van der Waals surface area contributed by atoms with Crippen molar-refractivity contribution in [1.82, 2.24) is 14.6 Å². The number of fused-ring (bicyclic) bond motifs is 1. The number of esters is 1. The maximum Gasteiger partial charge on any atom is 0.320 e. The predicted molar refractivity (Wildman–Crippen MR) is 75.0 cm³/mol. The lowest BCUT2D eigenvalue weighted by Gasteiger charge is -2.40. The number of hydrogen-bond donors (Lipinski definition) is 0. The largest absolute Gasteiger partial charge is 0.462 e. The average molecular weight is 312 g/mol. The van der Waals surface area contributed by atoms with Gasteiger partial charge < -0.3 is 4.74 Å². The second-order valence-electron chi connectivity index (χ2n) is 5.62. The summed E-state index contributed by atoms with van der Waals surface area (Å²) in [7, 11) is 0. The highest BCUT2D eigenvalue weighted by Crippen LogP contribution is 2.46. The molecule has 1 fully saturated rings. The van der Waals surface area contributed by atoms with E-state index >= 15 is 0 Å². The minimum atomic E-state index is -1.08. The second kappa shape index (κ2) is 4.94. The molecule has 112 valence electrons. The quantitative estimate of drug-likeness (QED) is 0.818. The van der Waals surface area contributed by atoms with E-state index in [2.05, 4.69) is 10.1 Å². The Labute approximate surface area is 126 Å². The van der Waals surface area contributed by atoms with Crippen LogP contribution in [0.1, 0.15) is 32.5 Å². The lowest BCUT2D eigenvalue weighted by molar-refractivity contribution is -0.162. The first-order valence-corrected chi connectivity index (χ1v) is 7.16. The molecule has 2 aromatic rings. The van der Waals surface area contributed by atoms with Crippen LogP contribution >= 0.6 is 11.6 Å². The molecule has 0 radical (unpaired) electrons. The first-order valence-electron chi connectivity index (χ1n) is 6.78. The van der Waals surface area contributed by atoms with Gasteiger partial charge in [0, 0.05) is 12.8 Å². The Bertz CT molecular complexity index is 695. The van der Waals surface area contributed by atoms with E-state index in [0.717, 1.165) is 0 Å². The summed E-state index contributed by atoms with van der Waals surface area (Å²) in [4.78, 5) is 16.7. The summed E-state index contributed by atoms with van der Waals surface area (Å²) in [5.74, 6) is -0.0692. The van der Waals surface area contributed by atoms with Crippen LogP contribution in [-0.4, -0.2) is 32.8 Å². The maximum atomic E-state index is 13.5. The van der Waals surface area contributed by atoms with Crippen LogP contribution in [0.15, 0.2) is 18.3 Å². The van der Waals surface area contributed by atoms with Gasteiger partial charge in [-0.25, -0.2) is 13.9 Å². The van der Waals surface area contributed by atoms with Crippen molar-refractivity contribution >= 4 is 23.1 Å². The van der Waals surface area contributed by atoms with Gasteiger partial charge in [-0.15, -0.1) is 0 Å². The normalized spacial score (nSPS) is 25.1. The van der Waals surface area contributed by atoms with Crippen molar-refractivity contribution in [3.05, 3.63) is 29.3 Å². The second-order valence-corrected chi connectivity index (χ2v) is 6.00. The van der Waals surface area contributed by atoms with Gasteiger partial charge in [0.25, 0.3) is 0 Å². The van der Waals surface area contributed by atoms with E-state index in [4.69, 9.17) is 16.3 Å². The number of aromatic nitrogens is 3. The fourth-order valence-corrected chi connectivity index (χ4v) is 2.79. The summed E-state index contributed by atoms with van der Waals surface area (Å²) >= 11 is 5.90. The molecular formula is C14H15ClFN3O2. The van der Waals surface area contributed by atoms with Crippen molar-refractivity contribution in [3.8, 4) is 0 Å². The van der Waals surface area contributed by atoms with Crippen molar-refractivity contribution in [2.24, 2.45) is 0 Å². The molecule has 3 rings (SSSR count). The molecule has 0 aromatic carbocycles. The SMILES string of the molecule is CC(C)OC(=O)C1(c2ncc3ccc(Cl)nn23)CC(F)C1.